The van der Waals surface area contributed by atoms with Crippen molar-refractivity contribution in [1.29, 1.82) is 0 Å². The maximum Gasteiger partial charge on any atom is 0.256 e. The van der Waals surface area contributed by atoms with Gasteiger partial charge in [-0.15, -0.1) is 0 Å². The number of oxazole rings is 1. The summed E-state index contributed by atoms with van der Waals surface area (Å²) in [6.45, 7) is 3.97. The lowest BCUT2D eigenvalue weighted by atomic mass is 10.1. The van der Waals surface area contributed by atoms with Gasteiger partial charge in [-0.2, -0.15) is 4.98 Å². The number of carbonyl (C=O) groups is 1. The van der Waals surface area contributed by atoms with E-state index in [4.69, 9.17) is 13.9 Å². The number of anilines is 1. The summed E-state index contributed by atoms with van der Waals surface area (Å²) in [5.41, 5.74) is 3.33. The van der Waals surface area contributed by atoms with E-state index in [1.54, 1.807) is 55.9 Å². The molecule has 0 aliphatic carbocycles. The lowest BCUT2D eigenvalue weighted by Gasteiger charge is -2.27. The second kappa shape index (κ2) is 9.35. The number of hydrogen-bond acceptors (Lipinski definition) is 8. The number of morpholine rings is 1. The van der Waals surface area contributed by atoms with Crippen molar-refractivity contribution in [3.8, 4) is 17.2 Å². The van der Waals surface area contributed by atoms with Crippen LogP contribution in [0.4, 0.5) is 5.82 Å². The lowest BCUT2D eigenvalue weighted by molar-refractivity contribution is 0.0339. The van der Waals surface area contributed by atoms with Crippen LogP contribution in [0.25, 0.3) is 22.7 Å². The average molecular weight is 445 g/mol. The molecule has 1 aliphatic heterocycles. The Balaban J connectivity index is 1.32. The minimum atomic E-state index is -0.282. The molecule has 1 saturated heterocycles. The summed E-state index contributed by atoms with van der Waals surface area (Å²) >= 11 is 0. The molecule has 0 radical (unpaired) electrons. The van der Waals surface area contributed by atoms with Gasteiger partial charge in [-0.05, 0) is 36.4 Å². The molecule has 0 unspecified atom stereocenters. The van der Waals surface area contributed by atoms with E-state index in [-0.39, 0.29) is 5.91 Å². The maximum absolute atomic E-state index is 12.9. The fraction of sp³-hybridized carbons (Fsp3) is 0.250. The fourth-order valence-electron chi connectivity index (χ4n) is 3.73. The molecular formula is C24H23N5O4. The number of benzene rings is 1. The van der Waals surface area contributed by atoms with Gasteiger partial charge in [-0.3, -0.25) is 9.69 Å². The van der Waals surface area contributed by atoms with E-state index in [2.05, 4.69) is 25.2 Å². The molecule has 0 spiro atoms. The van der Waals surface area contributed by atoms with E-state index in [1.807, 2.05) is 6.07 Å². The minimum Gasteiger partial charge on any atom is -0.496 e. The molecular weight excluding hydrogens is 422 g/mol. The van der Waals surface area contributed by atoms with Gasteiger partial charge < -0.3 is 19.2 Å². The number of nitrogens with zero attached hydrogens (tertiary/aromatic N) is 4. The van der Waals surface area contributed by atoms with Gasteiger partial charge in [0.2, 0.25) is 5.89 Å². The molecule has 1 fully saturated rings. The van der Waals surface area contributed by atoms with Gasteiger partial charge in [0.05, 0.1) is 20.3 Å². The van der Waals surface area contributed by atoms with Gasteiger partial charge in [0.1, 0.15) is 11.6 Å². The summed E-state index contributed by atoms with van der Waals surface area (Å²) in [4.78, 5) is 28.0. The van der Waals surface area contributed by atoms with Gasteiger partial charge in [0.15, 0.2) is 11.2 Å². The predicted molar refractivity (Wildman–Crippen MR) is 122 cm³/mol. The van der Waals surface area contributed by atoms with Crippen molar-refractivity contribution in [3.05, 3.63) is 66.0 Å². The van der Waals surface area contributed by atoms with Crippen LogP contribution >= 0.6 is 0 Å². The normalized spacial score (nSPS) is 14.3. The molecule has 1 aliphatic rings. The molecule has 4 aromatic rings. The van der Waals surface area contributed by atoms with Crippen LogP contribution in [0.1, 0.15) is 15.9 Å². The van der Waals surface area contributed by atoms with Crippen molar-refractivity contribution in [1.82, 2.24) is 19.9 Å². The molecule has 4 heterocycles. The maximum atomic E-state index is 12.9. The first-order valence-corrected chi connectivity index (χ1v) is 10.7. The molecule has 5 rings (SSSR count). The van der Waals surface area contributed by atoms with Gasteiger partial charge in [-0.25, -0.2) is 9.97 Å². The molecule has 0 bridgehead atoms. The second-order valence-electron chi connectivity index (χ2n) is 7.64. The number of fused-ring (bicyclic) bond motifs is 1. The molecule has 33 heavy (non-hydrogen) atoms. The zero-order valence-corrected chi connectivity index (χ0v) is 18.2. The van der Waals surface area contributed by atoms with Crippen molar-refractivity contribution >= 4 is 23.0 Å². The van der Waals surface area contributed by atoms with Crippen LogP contribution < -0.4 is 10.1 Å². The van der Waals surface area contributed by atoms with E-state index in [1.165, 1.54) is 0 Å². The number of rotatable bonds is 6. The third kappa shape index (κ3) is 4.69. The highest BCUT2D eigenvalue weighted by molar-refractivity contribution is 6.04. The van der Waals surface area contributed by atoms with E-state index in [9.17, 15) is 4.79 Å². The van der Waals surface area contributed by atoms with E-state index in [0.717, 1.165) is 38.4 Å². The molecule has 3 aromatic heterocycles. The molecule has 1 aromatic carbocycles. The number of hydrogen-bond donors (Lipinski definition) is 1. The number of ether oxygens (including phenoxy) is 2. The van der Waals surface area contributed by atoms with Crippen LogP contribution in [0.3, 0.4) is 0 Å². The van der Waals surface area contributed by atoms with Gasteiger partial charge >= 0.3 is 0 Å². The summed E-state index contributed by atoms with van der Waals surface area (Å²) in [5.74, 6) is 1.20. The molecule has 9 nitrogen and oxygen atoms in total. The van der Waals surface area contributed by atoms with Gasteiger partial charge in [0, 0.05) is 48.7 Å². The molecule has 1 amide bonds. The Kier molecular flexibility index (Phi) is 5.97. The summed E-state index contributed by atoms with van der Waals surface area (Å²) in [7, 11) is 1.61. The Hall–Kier alpha value is -3.82. The quantitative estimate of drug-likeness (QED) is 0.482. The second-order valence-corrected chi connectivity index (χ2v) is 7.64. The van der Waals surface area contributed by atoms with Crippen LogP contribution in [0.15, 0.2) is 59.3 Å². The summed E-state index contributed by atoms with van der Waals surface area (Å²) in [6, 6.07) is 12.6. The van der Waals surface area contributed by atoms with Crippen molar-refractivity contribution < 1.29 is 18.7 Å². The predicted octanol–water partition coefficient (Wildman–Crippen LogP) is 3.38. The number of carbonyl (C=O) groups excluding carboxylic acids is 1. The third-order valence-electron chi connectivity index (χ3n) is 5.46. The van der Waals surface area contributed by atoms with E-state index < -0.39 is 0 Å². The largest absolute Gasteiger partial charge is 0.496 e. The van der Waals surface area contributed by atoms with E-state index >= 15 is 0 Å². The topological polar surface area (TPSA) is 103 Å². The SMILES string of the molecule is COc1cc(C(=O)Nc2cc(-c3nc4ncccc4o3)ccn2)ccc1CN1CCOCC1. The molecule has 9 heteroatoms. The number of aromatic nitrogens is 3. The first-order valence-electron chi connectivity index (χ1n) is 10.7. The summed E-state index contributed by atoms with van der Waals surface area (Å²) in [5, 5.41) is 2.84. The molecule has 0 saturated carbocycles. The van der Waals surface area contributed by atoms with Crippen molar-refractivity contribution in [2.45, 2.75) is 6.54 Å². The van der Waals surface area contributed by atoms with Crippen LogP contribution in [0, 0.1) is 0 Å². The van der Waals surface area contributed by atoms with Gasteiger partial charge in [-0.1, -0.05) is 6.07 Å². The zero-order chi connectivity index (χ0) is 22.6. The molecule has 168 valence electrons. The first kappa shape index (κ1) is 21.0. The lowest BCUT2D eigenvalue weighted by Crippen LogP contribution is -2.35. The monoisotopic (exact) mass is 445 g/mol. The molecule has 0 atom stereocenters. The highest BCUT2D eigenvalue weighted by Gasteiger charge is 2.16. The van der Waals surface area contributed by atoms with Crippen LogP contribution in [0.2, 0.25) is 0 Å². The zero-order valence-electron chi connectivity index (χ0n) is 18.2. The van der Waals surface area contributed by atoms with Crippen molar-refractivity contribution in [2.75, 3.05) is 38.7 Å². The van der Waals surface area contributed by atoms with Crippen LogP contribution in [-0.2, 0) is 11.3 Å². The Bertz CT molecular complexity index is 1250. The third-order valence-corrected chi connectivity index (χ3v) is 5.46. The first-order chi connectivity index (χ1) is 16.2. The fourth-order valence-corrected chi connectivity index (χ4v) is 3.73. The Morgan fingerprint density at radius 2 is 2.00 bits per heavy atom. The Labute approximate surface area is 190 Å². The van der Waals surface area contributed by atoms with Crippen LogP contribution in [-0.4, -0.2) is 59.2 Å². The minimum absolute atomic E-state index is 0.282. The summed E-state index contributed by atoms with van der Waals surface area (Å²) < 4.78 is 16.7. The van der Waals surface area contributed by atoms with E-state index in [0.29, 0.717) is 39.8 Å². The smallest absolute Gasteiger partial charge is 0.256 e. The number of pyridine rings is 2. The number of amides is 1. The standard InChI is InChI=1S/C24H23N5O4/c1-31-20-13-16(4-5-18(20)15-29-9-11-32-12-10-29)23(30)27-21-14-17(6-8-25-21)24-28-22-19(33-24)3-2-7-26-22/h2-8,13-14H,9-12,15H2,1H3,(H,25,27,30). The highest BCUT2D eigenvalue weighted by Crippen LogP contribution is 2.26. The van der Waals surface area contributed by atoms with Crippen LogP contribution in [0.5, 0.6) is 5.75 Å². The van der Waals surface area contributed by atoms with Gasteiger partial charge in [0.25, 0.3) is 5.91 Å². The van der Waals surface area contributed by atoms with Crippen molar-refractivity contribution in [2.24, 2.45) is 0 Å². The summed E-state index contributed by atoms with van der Waals surface area (Å²) in [6.07, 6.45) is 3.26. The molecule has 1 N–H and O–H groups in total. The highest BCUT2D eigenvalue weighted by atomic mass is 16.5. The Morgan fingerprint density at radius 1 is 1.12 bits per heavy atom. The number of nitrogens with one attached hydrogen (secondary N) is 1. The average Bonchev–Trinajstić information content (AvgIpc) is 3.29. The number of methoxy groups -OCH3 is 1. The Morgan fingerprint density at radius 3 is 2.82 bits per heavy atom. The van der Waals surface area contributed by atoms with Crippen molar-refractivity contribution in [3.63, 3.8) is 0 Å².